The van der Waals surface area contributed by atoms with Crippen molar-refractivity contribution in [2.75, 3.05) is 13.0 Å². The number of esters is 1. The molecule has 0 spiro atoms. The van der Waals surface area contributed by atoms with Crippen molar-refractivity contribution >= 4 is 34.3 Å². The zero-order valence-electron chi connectivity index (χ0n) is 9.12. The molecule has 0 fully saturated rings. The highest BCUT2D eigenvalue weighted by molar-refractivity contribution is 6.30. The van der Waals surface area contributed by atoms with Crippen LogP contribution >= 0.6 is 11.6 Å². The number of benzene rings is 1. The monoisotopic (exact) mass is 251 g/mol. The van der Waals surface area contributed by atoms with Crippen molar-refractivity contribution in [2.24, 2.45) is 0 Å². The molecule has 0 atom stereocenters. The molecule has 2 rings (SSSR count). The minimum atomic E-state index is -0.410. The molecule has 0 saturated heterocycles. The first-order chi connectivity index (χ1) is 8.15. The Morgan fingerprint density at radius 3 is 2.76 bits per heavy atom. The Morgan fingerprint density at radius 1 is 1.35 bits per heavy atom. The van der Waals surface area contributed by atoms with Gasteiger partial charge >= 0.3 is 5.97 Å². The van der Waals surface area contributed by atoms with Crippen molar-refractivity contribution in [1.29, 1.82) is 0 Å². The number of ketones is 1. The van der Waals surface area contributed by atoms with Gasteiger partial charge in [-0.15, -0.1) is 11.6 Å². The van der Waals surface area contributed by atoms with E-state index in [4.69, 9.17) is 11.6 Å². The molecule has 0 aliphatic rings. The maximum Gasteiger partial charge on any atom is 0.337 e. The van der Waals surface area contributed by atoms with E-state index in [0.29, 0.717) is 16.8 Å². The molecule has 1 N–H and O–H groups in total. The van der Waals surface area contributed by atoms with Gasteiger partial charge in [-0.2, -0.15) is 0 Å². The number of carbonyl (C=O) groups excluding carboxylic acids is 2. The minimum Gasteiger partial charge on any atom is -0.465 e. The van der Waals surface area contributed by atoms with E-state index in [1.165, 1.54) is 7.11 Å². The zero-order chi connectivity index (χ0) is 12.4. The first-order valence-corrected chi connectivity index (χ1v) is 5.49. The molecule has 2 aromatic rings. The van der Waals surface area contributed by atoms with E-state index in [-0.39, 0.29) is 11.7 Å². The van der Waals surface area contributed by atoms with Gasteiger partial charge in [0.25, 0.3) is 0 Å². The largest absolute Gasteiger partial charge is 0.465 e. The van der Waals surface area contributed by atoms with Gasteiger partial charge in [-0.3, -0.25) is 4.79 Å². The summed E-state index contributed by atoms with van der Waals surface area (Å²) in [5.74, 6) is -0.661. The molecule has 4 nitrogen and oxygen atoms in total. The summed E-state index contributed by atoms with van der Waals surface area (Å²) in [7, 11) is 1.32. The molecule has 0 saturated carbocycles. The summed E-state index contributed by atoms with van der Waals surface area (Å²) in [6.07, 6.45) is 0. The van der Waals surface area contributed by atoms with Crippen molar-refractivity contribution in [3.05, 3.63) is 35.5 Å². The number of alkyl halides is 1. The molecule has 17 heavy (non-hydrogen) atoms. The van der Waals surface area contributed by atoms with Crippen LogP contribution in [0.2, 0.25) is 0 Å². The van der Waals surface area contributed by atoms with Gasteiger partial charge in [-0.1, -0.05) is 6.07 Å². The molecular weight excluding hydrogens is 242 g/mol. The lowest BCUT2D eigenvalue weighted by atomic mass is 10.1. The summed E-state index contributed by atoms with van der Waals surface area (Å²) in [6.45, 7) is 0. The Balaban J connectivity index is 2.48. The van der Waals surface area contributed by atoms with Gasteiger partial charge in [0, 0.05) is 10.9 Å². The highest BCUT2D eigenvalue weighted by Crippen LogP contribution is 2.18. The molecule has 1 heterocycles. The van der Waals surface area contributed by atoms with Gasteiger partial charge in [0.05, 0.1) is 24.2 Å². The Labute approximate surface area is 103 Å². The number of ether oxygens (including phenoxy) is 1. The predicted octanol–water partition coefficient (Wildman–Crippen LogP) is 2.38. The number of hydrogen-bond donors (Lipinski definition) is 1. The number of fused-ring (bicyclic) bond motifs is 1. The van der Waals surface area contributed by atoms with E-state index in [1.54, 1.807) is 24.3 Å². The van der Waals surface area contributed by atoms with Crippen molar-refractivity contribution < 1.29 is 14.3 Å². The lowest BCUT2D eigenvalue weighted by Gasteiger charge is -1.98. The van der Waals surface area contributed by atoms with Crippen LogP contribution in [0, 0.1) is 0 Å². The molecule has 5 heteroatoms. The summed E-state index contributed by atoms with van der Waals surface area (Å²) in [4.78, 5) is 25.7. The number of aromatic amines is 1. The first kappa shape index (κ1) is 11.7. The average molecular weight is 252 g/mol. The number of carbonyl (C=O) groups is 2. The molecular formula is C12H10ClNO3. The van der Waals surface area contributed by atoms with Gasteiger partial charge in [-0.05, 0) is 18.2 Å². The van der Waals surface area contributed by atoms with Crippen LogP contribution < -0.4 is 0 Å². The molecule has 0 aliphatic carbocycles. The van der Waals surface area contributed by atoms with E-state index in [0.717, 1.165) is 5.39 Å². The number of hydrogen-bond acceptors (Lipinski definition) is 3. The minimum absolute atomic E-state index is 0.0727. The number of nitrogens with one attached hydrogen (secondary N) is 1. The van der Waals surface area contributed by atoms with Gasteiger partial charge in [0.15, 0.2) is 5.78 Å². The third-order valence-electron chi connectivity index (χ3n) is 2.47. The molecule has 0 radical (unpaired) electrons. The van der Waals surface area contributed by atoms with Crippen LogP contribution in [0.4, 0.5) is 0 Å². The molecule has 0 unspecified atom stereocenters. The highest BCUT2D eigenvalue weighted by atomic mass is 35.5. The summed E-state index contributed by atoms with van der Waals surface area (Å²) >= 11 is 5.47. The van der Waals surface area contributed by atoms with Crippen LogP contribution in [-0.4, -0.2) is 29.7 Å². The summed E-state index contributed by atoms with van der Waals surface area (Å²) in [5, 5.41) is 0.853. The maximum atomic E-state index is 11.4. The van der Waals surface area contributed by atoms with Gasteiger partial charge < -0.3 is 9.72 Å². The van der Waals surface area contributed by atoms with E-state index in [1.807, 2.05) is 0 Å². The fourth-order valence-electron chi connectivity index (χ4n) is 1.59. The lowest BCUT2D eigenvalue weighted by molar-refractivity contribution is 0.0601. The van der Waals surface area contributed by atoms with Crippen molar-refractivity contribution in [2.45, 2.75) is 0 Å². The third kappa shape index (κ3) is 2.17. The standard InChI is InChI=1S/C12H10ClNO3/c1-17-12(16)8-3-2-7-4-10(11(15)6-13)14-9(7)5-8/h2-5,14H,6H2,1H3. The molecule has 1 aromatic heterocycles. The van der Waals surface area contributed by atoms with E-state index < -0.39 is 5.97 Å². The molecule has 0 bridgehead atoms. The number of H-pyrrole nitrogens is 1. The Kier molecular flexibility index (Phi) is 3.15. The second-order valence-electron chi connectivity index (χ2n) is 3.53. The number of rotatable bonds is 3. The lowest BCUT2D eigenvalue weighted by Crippen LogP contribution is -2.00. The van der Waals surface area contributed by atoms with Gasteiger partial charge in [0.1, 0.15) is 0 Å². The normalized spacial score (nSPS) is 10.5. The number of aromatic nitrogens is 1. The maximum absolute atomic E-state index is 11.4. The molecule has 1 aromatic carbocycles. The van der Waals surface area contributed by atoms with Crippen LogP contribution in [-0.2, 0) is 4.74 Å². The Bertz CT molecular complexity index is 574. The molecule has 88 valence electrons. The van der Waals surface area contributed by atoms with Crippen LogP contribution in [0.1, 0.15) is 20.8 Å². The quantitative estimate of drug-likeness (QED) is 0.518. The fraction of sp³-hybridized carbons (Fsp3) is 0.167. The van der Waals surface area contributed by atoms with Crippen molar-refractivity contribution in [1.82, 2.24) is 4.98 Å². The van der Waals surface area contributed by atoms with Crippen molar-refractivity contribution in [3.8, 4) is 0 Å². The highest BCUT2D eigenvalue weighted by Gasteiger charge is 2.11. The Hall–Kier alpha value is -1.81. The summed E-state index contributed by atoms with van der Waals surface area (Å²) in [6, 6.07) is 6.76. The van der Waals surface area contributed by atoms with Crippen LogP contribution in [0.15, 0.2) is 24.3 Å². The first-order valence-electron chi connectivity index (χ1n) is 4.96. The smallest absolute Gasteiger partial charge is 0.337 e. The zero-order valence-corrected chi connectivity index (χ0v) is 9.88. The van der Waals surface area contributed by atoms with Crippen LogP contribution in [0.3, 0.4) is 0 Å². The van der Waals surface area contributed by atoms with Gasteiger partial charge in [-0.25, -0.2) is 4.79 Å². The van der Waals surface area contributed by atoms with Gasteiger partial charge in [0.2, 0.25) is 0 Å². The number of halogens is 1. The summed E-state index contributed by atoms with van der Waals surface area (Å²) in [5.41, 5.74) is 1.59. The Morgan fingerprint density at radius 2 is 2.12 bits per heavy atom. The number of Topliss-reactive ketones (excluding diaryl/α,β-unsaturated/α-hetero) is 1. The number of methoxy groups -OCH3 is 1. The third-order valence-corrected chi connectivity index (χ3v) is 2.71. The fourth-order valence-corrected chi connectivity index (χ4v) is 1.74. The summed E-state index contributed by atoms with van der Waals surface area (Å²) < 4.78 is 4.62. The average Bonchev–Trinajstić information content (AvgIpc) is 2.79. The second-order valence-corrected chi connectivity index (χ2v) is 3.80. The molecule has 0 aliphatic heterocycles. The van der Waals surface area contributed by atoms with Crippen molar-refractivity contribution in [3.63, 3.8) is 0 Å². The van der Waals surface area contributed by atoms with E-state index in [2.05, 4.69) is 9.72 Å². The van der Waals surface area contributed by atoms with Crippen LogP contribution in [0.25, 0.3) is 10.9 Å². The van der Waals surface area contributed by atoms with E-state index >= 15 is 0 Å². The van der Waals surface area contributed by atoms with Crippen LogP contribution in [0.5, 0.6) is 0 Å². The predicted molar refractivity (Wildman–Crippen MR) is 64.7 cm³/mol. The molecule has 0 amide bonds. The SMILES string of the molecule is COC(=O)c1ccc2cc(C(=O)CCl)[nH]c2c1. The van der Waals surface area contributed by atoms with E-state index in [9.17, 15) is 9.59 Å². The topological polar surface area (TPSA) is 59.2 Å². The second kappa shape index (κ2) is 4.59.